The van der Waals surface area contributed by atoms with Gasteiger partial charge in [0.1, 0.15) is 5.76 Å². The molecule has 1 unspecified atom stereocenters. The Hall–Kier alpha value is -3.82. The van der Waals surface area contributed by atoms with Crippen molar-refractivity contribution in [2.75, 3.05) is 6.54 Å². The molecule has 4 aromatic heterocycles. The van der Waals surface area contributed by atoms with Crippen LogP contribution in [0.3, 0.4) is 0 Å². The summed E-state index contributed by atoms with van der Waals surface area (Å²) in [5.74, 6) is 0.738. The molecule has 0 aliphatic rings. The first-order chi connectivity index (χ1) is 17.3. The molecule has 0 saturated heterocycles. The van der Waals surface area contributed by atoms with E-state index in [9.17, 15) is 8.42 Å². The molecule has 0 spiro atoms. The van der Waals surface area contributed by atoms with Gasteiger partial charge < -0.3 is 9.09 Å². The van der Waals surface area contributed by atoms with Gasteiger partial charge in [-0.25, -0.2) is 13.1 Å². The van der Waals surface area contributed by atoms with Gasteiger partial charge in [-0.2, -0.15) is 0 Å². The Morgan fingerprint density at radius 1 is 1.06 bits per heavy atom. The Morgan fingerprint density at radius 3 is 2.47 bits per heavy atom. The fourth-order valence-corrected chi connectivity index (χ4v) is 5.58. The summed E-state index contributed by atoms with van der Waals surface area (Å²) in [4.78, 5) is 9.64. The Balaban J connectivity index is 1.68. The second-order valence-corrected chi connectivity index (χ2v) is 10.5. The SMILES string of the molecule is CCNS(=O)(=O)c1ccc(-c2cn(C(C)c3ccccn3)c3cc(-c4c(C)noc4C)cnc23)cc1. The van der Waals surface area contributed by atoms with Crippen molar-refractivity contribution in [2.45, 2.75) is 38.6 Å². The molecular formula is C27H27N5O3S. The van der Waals surface area contributed by atoms with Crippen LogP contribution < -0.4 is 4.72 Å². The zero-order valence-corrected chi connectivity index (χ0v) is 21.4. The predicted octanol–water partition coefficient (Wildman–Crippen LogP) is 5.28. The van der Waals surface area contributed by atoms with E-state index in [4.69, 9.17) is 9.51 Å². The van der Waals surface area contributed by atoms with Crippen LogP contribution in [0.25, 0.3) is 33.3 Å². The summed E-state index contributed by atoms with van der Waals surface area (Å²) in [7, 11) is -3.53. The molecule has 0 fully saturated rings. The molecule has 8 nitrogen and oxygen atoms in total. The molecule has 4 heterocycles. The second-order valence-electron chi connectivity index (χ2n) is 8.70. The first-order valence-corrected chi connectivity index (χ1v) is 13.2. The van der Waals surface area contributed by atoms with Crippen molar-refractivity contribution in [3.05, 3.63) is 84.3 Å². The van der Waals surface area contributed by atoms with E-state index in [1.807, 2.05) is 50.4 Å². The smallest absolute Gasteiger partial charge is 0.240 e. The van der Waals surface area contributed by atoms with E-state index in [0.29, 0.717) is 6.54 Å². The van der Waals surface area contributed by atoms with Gasteiger partial charge >= 0.3 is 0 Å². The molecule has 5 aromatic rings. The molecular weight excluding hydrogens is 474 g/mol. The first kappa shape index (κ1) is 23.9. The lowest BCUT2D eigenvalue weighted by molar-refractivity contribution is 0.393. The average molecular weight is 502 g/mol. The number of hydrogen-bond acceptors (Lipinski definition) is 6. The third-order valence-electron chi connectivity index (χ3n) is 6.33. The predicted molar refractivity (Wildman–Crippen MR) is 139 cm³/mol. The average Bonchev–Trinajstić information content (AvgIpc) is 3.43. The largest absolute Gasteiger partial charge is 0.361 e. The number of hydrogen-bond donors (Lipinski definition) is 1. The number of nitrogens with one attached hydrogen (secondary N) is 1. The van der Waals surface area contributed by atoms with Crippen LogP contribution in [-0.4, -0.2) is 34.7 Å². The van der Waals surface area contributed by atoms with Crippen molar-refractivity contribution in [3.8, 4) is 22.3 Å². The zero-order valence-electron chi connectivity index (χ0n) is 20.6. The van der Waals surface area contributed by atoms with Crippen molar-refractivity contribution in [1.82, 2.24) is 24.4 Å². The van der Waals surface area contributed by atoms with E-state index in [0.717, 1.165) is 50.4 Å². The fraction of sp³-hybridized carbons (Fsp3) is 0.222. The highest BCUT2D eigenvalue weighted by Gasteiger charge is 2.21. The van der Waals surface area contributed by atoms with Crippen LogP contribution >= 0.6 is 0 Å². The van der Waals surface area contributed by atoms with E-state index in [1.54, 1.807) is 25.3 Å². The Kier molecular flexibility index (Phi) is 6.19. The van der Waals surface area contributed by atoms with Gasteiger partial charge in [-0.3, -0.25) is 9.97 Å². The van der Waals surface area contributed by atoms with Gasteiger partial charge in [0.15, 0.2) is 0 Å². The lowest BCUT2D eigenvalue weighted by Crippen LogP contribution is -2.22. The minimum Gasteiger partial charge on any atom is -0.361 e. The molecule has 184 valence electrons. The van der Waals surface area contributed by atoms with E-state index < -0.39 is 10.0 Å². The number of sulfonamides is 1. The second kappa shape index (κ2) is 9.33. The molecule has 1 atom stereocenters. The molecule has 0 radical (unpaired) electrons. The normalized spacial score (nSPS) is 12.8. The number of fused-ring (bicyclic) bond motifs is 1. The highest BCUT2D eigenvalue weighted by molar-refractivity contribution is 7.89. The molecule has 9 heteroatoms. The van der Waals surface area contributed by atoms with E-state index in [-0.39, 0.29) is 10.9 Å². The highest BCUT2D eigenvalue weighted by Crippen LogP contribution is 2.36. The molecule has 0 aliphatic carbocycles. The molecule has 0 bridgehead atoms. The molecule has 36 heavy (non-hydrogen) atoms. The van der Waals surface area contributed by atoms with Crippen LogP contribution in [0.1, 0.15) is 37.0 Å². The van der Waals surface area contributed by atoms with Crippen molar-refractivity contribution in [1.29, 1.82) is 0 Å². The minimum atomic E-state index is -3.53. The maximum Gasteiger partial charge on any atom is 0.240 e. The van der Waals surface area contributed by atoms with Crippen LogP contribution in [0.2, 0.25) is 0 Å². The van der Waals surface area contributed by atoms with Gasteiger partial charge in [-0.1, -0.05) is 30.3 Å². The first-order valence-electron chi connectivity index (χ1n) is 11.7. The third-order valence-corrected chi connectivity index (χ3v) is 7.90. The summed E-state index contributed by atoms with van der Waals surface area (Å²) in [6, 6.07) is 14.8. The number of aryl methyl sites for hydroxylation is 2. The van der Waals surface area contributed by atoms with Crippen molar-refractivity contribution in [2.24, 2.45) is 0 Å². The van der Waals surface area contributed by atoms with Crippen LogP contribution in [-0.2, 0) is 10.0 Å². The fourth-order valence-electron chi connectivity index (χ4n) is 4.54. The van der Waals surface area contributed by atoms with Crippen LogP contribution in [0.4, 0.5) is 0 Å². The van der Waals surface area contributed by atoms with E-state index >= 15 is 0 Å². The van der Waals surface area contributed by atoms with Crippen molar-refractivity contribution >= 4 is 21.1 Å². The van der Waals surface area contributed by atoms with Crippen LogP contribution in [0.5, 0.6) is 0 Å². The van der Waals surface area contributed by atoms with E-state index in [1.165, 1.54) is 0 Å². The van der Waals surface area contributed by atoms with Gasteiger partial charge in [0.05, 0.1) is 33.4 Å². The third kappa shape index (κ3) is 4.20. The number of rotatable bonds is 7. The maximum absolute atomic E-state index is 12.4. The Bertz CT molecular complexity index is 1620. The minimum absolute atomic E-state index is 0.0578. The lowest BCUT2D eigenvalue weighted by atomic mass is 10.0. The van der Waals surface area contributed by atoms with Gasteiger partial charge in [-0.05, 0) is 56.7 Å². The van der Waals surface area contributed by atoms with Gasteiger partial charge in [0, 0.05) is 41.8 Å². The summed E-state index contributed by atoms with van der Waals surface area (Å²) in [5.41, 5.74) is 7.12. The lowest BCUT2D eigenvalue weighted by Gasteiger charge is -2.15. The Labute approximate surface area is 210 Å². The molecule has 0 aliphatic heterocycles. The van der Waals surface area contributed by atoms with Gasteiger partial charge in [0.25, 0.3) is 0 Å². The molecule has 1 N–H and O–H groups in total. The molecule has 0 saturated carbocycles. The summed E-state index contributed by atoms with van der Waals surface area (Å²) >= 11 is 0. The van der Waals surface area contributed by atoms with Gasteiger partial charge in [-0.15, -0.1) is 0 Å². The number of nitrogens with zero attached hydrogens (tertiary/aromatic N) is 4. The number of benzene rings is 1. The Morgan fingerprint density at radius 2 is 1.83 bits per heavy atom. The molecule has 1 aromatic carbocycles. The molecule has 5 rings (SSSR count). The van der Waals surface area contributed by atoms with Crippen LogP contribution in [0.15, 0.2) is 76.5 Å². The monoisotopic (exact) mass is 501 g/mol. The molecule has 0 amide bonds. The highest BCUT2D eigenvalue weighted by atomic mass is 32.2. The van der Waals surface area contributed by atoms with Crippen LogP contribution in [0, 0.1) is 13.8 Å². The van der Waals surface area contributed by atoms with Crippen molar-refractivity contribution < 1.29 is 12.9 Å². The summed E-state index contributed by atoms with van der Waals surface area (Å²) in [6.45, 7) is 8.00. The van der Waals surface area contributed by atoms with Gasteiger partial charge in [0.2, 0.25) is 10.0 Å². The number of aromatic nitrogens is 4. The zero-order chi connectivity index (χ0) is 25.4. The summed E-state index contributed by atoms with van der Waals surface area (Å²) in [5, 5.41) is 4.10. The summed E-state index contributed by atoms with van der Waals surface area (Å²) < 4.78 is 34.9. The standard InChI is InChI=1S/C27H27N5O3S/c1-5-30-36(33,34)22-11-9-20(10-12-22)23-16-32(18(3)24-8-6-7-13-28-24)25-14-21(15-29-27(23)25)26-17(2)31-35-19(26)4/h6-16,18,30H,5H2,1-4H3. The quantitative estimate of drug-likeness (QED) is 0.326. The summed E-state index contributed by atoms with van der Waals surface area (Å²) in [6.07, 6.45) is 5.68. The number of pyridine rings is 2. The van der Waals surface area contributed by atoms with Crippen molar-refractivity contribution in [3.63, 3.8) is 0 Å². The van der Waals surface area contributed by atoms with E-state index in [2.05, 4.69) is 38.6 Å². The topological polar surface area (TPSA) is 103 Å². The maximum atomic E-state index is 12.4.